The third-order valence-corrected chi connectivity index (χ3v) is 3.20. The highest BCUT2D eigenvalue weighted by atomic mass is 16.7. The number of hydrogen-bond donors (Lipinski definition) is 2. The van der Waals surface area contributed by atoms with Gasteiger partial charge in [0.2, 0.25) is 0 Å². The number of rotatable bonds is 5. The SMILES string of the molecule is Oc1cccc(ON=NOc2cccc(O)c2-c2ccccc2)c1. The molecule has 0 aliphatic rings. The lowest BCUT2D eigenvalue weighted by molar-refractivity contribution is 0.208. The van der Waals surface area contributed by atoms with E-state index in [9.17, 15) is 10.2 Å². The minimum atomic E-state index is 0.0583. The van der Waals surface area contributed by atoms with Gasteiger partial charge in [-0.2, -0.15) is 0 Å². The van der Waals surface area contributed by atoms with E-state index in [2.05, 4.69) is 10.6 Å². The molecule has 0 atom stereocenters. The summed E-state index contributed by atoms with van der Waals surface area (Å²) < 4.78 is 0. The van der Waals surface area contributed by atoms with Crippen LogP contribution in [0.3, 0.4) is 0 Å². The van der Waals surface area contributed by atoms with Crippen LogP contribution in [0.1, 0.15) is 0 Å². The molecule has 0 fully saturated rings. The van der Waals surface area contributed by atoms with Crippen LogP contribution in [0.4, 0.5) is 0 Å². The molecule has 0 amide bonds. The van der Waals surface area contributed by atoms with Gasteiger partial charge in [0, 0.05) is 6.07 Å². The summed E-state index contributed by atoms with van der Waals surface area (Å²) in [4.78, 5) is 10.2. The Morgan fingerprint density at radius 3 is 2.25 bits per heavy atom. The van der Waals surface area contributed by atoms with Gasteiger partial charge in [-0.3, -0.25) is 0 Å². The van der Waals surface area contributed by atoms with Crippen molar-refractivity contribution in [2.45, 2.75) is 0 Å². The maximum Gasteiger partial charge on any atom is 0.171 e. The van der Waals surface area contributed by atoms with Crippen LogP contribution >= 0.6 is 0 Å². The summed E-state index contributed by atoms with van der Waals surface area (Å²) in [5.41, 5.74) is 1.30. The molecule has 0 spiro atoms. The molecule has 24 heavy (non-hydrogen) atoms. The van der Waals surface area contributed by atoms with Crippen molar-refractivity contribution in [3.05, 3.63) is 72.8 Å². The van der Waals surface area contributed by atoms with Crippen LogP contribution < -0.4 is 9.68 Å². The Bertz CT molecular complexity index is 851. The van der Waals surface area contributed by atoms with Gasteiger partial charge in [-0.15, -0.1) is 0 Å². The van der Waals surface area contributed by atoms with Gasteiger partial charge in [0.05, 0.1) is 16.1 Å². The van der Waals surface area contributed by atoms with Crippen molar-refractivity contribution in [2.75, 3.05) is 0 Å². The van der Waals surface area contributed by atoms with Crippen molar-refractivity contribution in [3.8, 4) is 34.1 Å². The van der Waals surface area contributed by atoms with Crippen LogP contribution in [-0.4, -0.2) is 10.2 Å². The van der Waals surface area contributed by atoms with Crippen molar-refractivity contribution in [1.82, 2.24) is 0 Å². The molecule has 2 N–H and O–H groups in total. The quantitative estimate of drug-likeness (QED) is 0.535. The Morgan fingerprint density at radius 2 is 1.46 bits per heavy atom. The topological polar surface area (TPSA) is 83.6 Å². The smallest absolute Gasteiger partial charge is 0.171 e. The van der Waals surface area contributed by atoms with Crippen LogP contribution in [0.15, 0.2) is 83.4 Å². The number of aromatic hydroxyl groups is 2. The fourth-order valence-corrected chi connectivity index (χ4v) is 2.16. The molecule has 0 unspecified atom stereocenters. The molecule has 0 aromatic heterocycles. The number of phenolic OH excluding ortho intramolecular Hbond substituents is 2. The average Bonchev–Trinajstić information content (AvgIpc) is 2.60. The van der Waals surface area contributed by atoms with Crippen LogP contribution in [0.2, 0.25) is 0 Å². The lowest BCUT2D eigenvalue weighted by Gasteiger charge is -2.08. The van der Waals surface area contributed by atoms with Crippen molar-refractivity contribution < 1.29 is 19.9 Å². The minimum Gasteiger partial charge on any atom is -0.508 e. The lowest BCUT2D eigenvalue weighted by atomic mass is 10.0. The summed E-state index contributed by atoms with van der Waals surface area (Å²) in [6.45, 7) is 0. The van der Waals surface area contributed by atoms with Crippen LogP contribution in [0.25, 0.3) is 11.1 Å². The van der Waals surface area contributed by atoms with E-state index < -0.39 is 0 Å². The van der Waals surface area contributed by atoms with Crippen LogP contribution in [-0.2, 0) is 0 Å². The molecule has 120 valence electrons. The number of phenols is 2. The first-order valence-electron chi connectivity index (χ1n) is 7.15. The second kappa shape index (κ2) is 7.15. The zero-order valence-corrected chi connectivity index (χ0v) is 12.5. The molecule has 3 rings (SSSR count). The maximum absolute atomic E-state index is 10.1. The lowest BCUT2D eigenvalue weighted by Crippen LogP contribution is -1.89. The number of benzene rings is 3. The van der Waals surface area contributed by atoms with Gasteiger partial charge < -0.3 is 19.9 Å². The van der Waals surface area contributed by atoms with Gasteiger partial charge in [-0.25, -0.2) is 0 Å². The van der Waals surface area contributed by atoms with Crippen molar-refractivity contribution in [1.29, 1.82) is 0 Å². The van der Waals surface area contributed by atoms with E-state index in [-0.39, 0.29) is 11.5 Å². The van der Waals surface area contributed by atoms with E-state index >= 15 is 0 Å². The highest BCUT2D eigenvalue weighted by Gasteiger charge is 2.11. The van der Waals surface area contributed by atoms with E-state index in [4.69, 9.17) is 9.68 Å². The molecule has 0 bridgehead atoms. The largest absolute Gasteiger partial charge is 0.508 e. The molecule has 0 saturated heterocycles. The van der Waals surface area contributed by atoms with Crippen molar-refractivity contribution >= 4 is 0 Å². The first-order valence-corrected chi connectivity index (χ1v) is 7.15. The normalized spacial score (nSPS) is 10.7. The second-order valence-corrected chi connectivity index (χ2v) is 4.86. The summed E-state index contributed by atoms with van der Waals surface area (Å²) in [6, 6.07) is 20.3. The van der Waals surface area contributed by atoms with Crippen molar-refractivity contribution in [3.63, 3.8) is 0 Å². The van der Waals surface area contributed by atoms with E-state index in [0.717, 1.165) is 5.56 Å². The Morgan fingerprint density at radius 1 is 0.708 bits per heavy atom. The predicted molar refractivity (Wildman–Crippen MR) is 87.8 cm³/mol. The Hall–Kier alpha value is -3.54. The molecule has 0 heterocycles. The Balaban J connectivity index is 1.76. The molecule has 0 aliphatic heterocycles. The third kappa shape index (κ3) is 3.61. The van der Waals surface area contributed by atoms with Crippen LogP contribution in [0.5, 0.6) is 23.0 Å². The average molecular weight is 322 g/mol. The van der Waals surface area contributed by atoms with E-state index in [0.29, 0.717) is 17.1 Å². The summed E-state index contributed by atoms with van der Waals surface area (Å²) in [6.07, 6.45) is 0. The second-order valence-electron chi connectivity index (χ2n) is 4.86. The molecule has 0 saturated carbocycles. The summed E-state index contributed by atoms with van der Waals surface area (Å²) in [5.74, 6) is 0.789. The van der Waals surface area contributed by atoms with E-state index in [1.54, 1.807) is 30.3 Å². The molecule has 0 radical (unpaired) electrons. The highest BCUT2D eigenvalue weighted by molar-refractivity contribution is 5.76. The molecule has 3 aromatic rings. The molecule has 3 aromatic carbocycles. The van der Waals surface area contributed by atoms with Gasteiger partial charge in [0.15, 0.2) is 11.5 Å². The minimum absolute atomic E-state index is 0.0583. The highest BCUT2D eigenvalue weighted by Crippen LogP contribution is 2.37. The van der Waals surface area contributed by atoms with E-state index in [1.807, 2.05) is 30.3 Å². The standard InChI is InChI=1S/C18H14N2O4/c21-14-8-4-9-15(12-14)23-19-20-24-17-11-5-10-16(22)18(17)13-6-2-1-3-7-13/h1-12,21-22H. The predicted octanol–water partition coefficient (Wildman–Crippen LogP) is 4.50. The Labute approximate surface area is 138 Å². The molecule has 6 heteroatoms. The summed E-state index contributed by atoms with van der Waals surface area (Å²) in [5, 5.41) is 26.4. The zero-order valence-electron chi connectivity index (χ0n) is 12.5. The molecule has 6 nitrogen and oxygen atoms in total. The fourth-order valence-electron chi connectivity index (χ4n) is 2.16. The first-order chi connectivity index (χ1) is 11.7. The van der Waals surface area contributed by atoms with Crippen molar-refractivity contribution in [2.24, 2.45) is 10.6 Å². The van der Waals surface area contributed by atoms with Gasteiger partial charge in [-0.05, 0) is 29.8 Å². The van der Waals surface area contributed by atoms with Gasteiger partial charge >= 0.3 is 0 Å². The Kier molecular flexibility index (Phi) is 4.57. The number of nitrogens with zero attached hydrogens (tertiary/aromatic N) is 2. The van der Waals surface area contributed by atoms with E-state index in [1.165, 1.54) is 12.1 Å². The maximum atomic E-state index is 10.1. The molecule has 0 aliphatic carbocycles. The number of hydrogen-bond acceptors (Lipinski definition) is 6. The summed E-state index contributed by atoms with van der Waals surface area (Å²) >= 11 is 0. The van der Waals surface area contributed by atoms with Gasteiger partial charge in [-0.1, -0.05) is 42.5 Å². The third-order valence-electron chi connectivity index (χ3n) is 3.20. The zero-order chi connectivity index (χ0) is 16.8. The summed E-state index contributed by atoms with van der Waals surface area (Å²) in [7, 11) is 0. The van der Waals surface area contributed by atoms with Gasteiger partial charge in [0.1, 0.15) is 11.5 Å². The van der Waals surface area contributed by atoms with Gasteiger partial charge in [0.25, 0.3) is 0 Å². The fraction of sp³-hybridized carbons (Fsp3) is 0. The molecular formula is C18H14N2O4. The molecular weight excluding hydrogens is 308 g/mol. The van der Waals surface area contributed by atoms with Crippen LogP contribution in [0, 0.1) is 0 Å². The first kappa shape index (κ1) is 15.4. The monoisotopic (exact) mass is 322 g/mol.